The highest BCUT2D eigenvalue weighted by Crippen LogP contribution is 2.33. The van der Waals surface area contributed by atoms with E-state index in [4.69, 9.17) is 4.42 Å². The molecule has 0 bridgehead atoms. The van der Waals surface area contributed by atoms with E-state index in [2.05, 4.69) is 9.71 Å². The molecule has 0 aliphatic carbocycles. The monoisotopic (exact) mass is 444 g/mol. The Balaban J connectivity index is 1.86. The van der Waals surface area contributed by atoms with Gasteiger partial charge < -0.3 is 4.42 Å². The number of aryl methyl sites for hydroxylation is 1. The highest BCUT2D eigenvalue weighted by atomic mass is 32.2. The predicted molar refractivity (Wildman–Crippen MR) is 111 cm³/mol. The number of anilines is 1. The molecule has 0 saturated carbocycles. The molecule has 0 amide bonds. The summed E-state index contributed by atoms with van der Waals surface area (Å²) >= 11 is 0. The fourth-order valence-electron chi connectivity index (χ4n) is 2.86. The van der Waals surface area contributed by atoms with Gasteiger partial charge in [-0.15, -0.1) is 0 Å². The van der Waals surface area contributed by atoms with Crippen molar-refractivity contribution in [3.63, 3.8) is 0 Å². The van der Waals surface area contributed by atoms with Crippen LogP contribution in [0, 0.1) is 6.92 Å². The van der Waals surface area contributed by atoms with Crippen molar-refractivity contribution in [1.82, 2.24) is 4.98 Å². The lowest BCUT2D eigenvalue weighted by molar-refractivity contribution is 0.483. The summed E-state index contributed by atoms with van der Waals surface area (Å²) in [4.78, 5) is 3.92. The van der Waals surface area contributed by atoms with Crippen molar-refractivity contribution in [2.75, 3.05) is 4.72 Å². The first-order chi connectivity index (χ1) is 14.1. The Kier molecular flexibility index (Phi) is 4.85. The molecule has 8 nitrogen and oxygen atoms in total. The van der Waals surface area contributed by atoms with E-state index in [1.165, 1.54) is 18.2 Å². The van der Waals surface area contributed by atoms with Crippen LogP contribution in [-0.2, 0) is 20.1 Å². The molecule has 154 valence electrons. The van der Waals surface area contributed by atoms with Crippen molar-refractivity contribution in [2.24, 2.45) is 0 Å². The number of nitrogens with zero attached hydrogens (tertiary/aromatic N) is 1. The molecule has 0 saturated heterocycles. The summed E-state index contributed by atoms with van der Waals surface area (Å²) in [6.45, 7) is 1.84. The third-order valence-electron chi connectivity index (χ3n) is 4.39. The number of hydrogen-bond donors (Lipinski definition) is 2. The smallest absolute Gasteiger partial charge is 0.294 e. The predicted octanol–water partition coefficient (Wildman–Crippen LogP) is 3.85. The molecule has 0 aliphatic rings. The van der Waals surface area contributed by atoms with Crippen molar-refractivity contribution >= 4 is 36.9 Å². The van der Waals surface area contributed by atoms with Crippen molar-refractivity contribution in [1.29, 1.82) is 0 Å². The summed E-state index contributed by atoms with van der Waals surface area (Å²) < 4.78 is 66.4. The average molecular weight is 444 g/mol. The Morgan fingerprint density at radius 1 is 0.900 bits per heavy atom. The van der Waals surface area contributed by atoms with E-state index >= 15 is 0 Å². The number of sulfonamides is 1. The molecule has 0 aliphatic heterocycles. The maximum absolute atomic E-state index is 12.8. The number of fused-ring (bicyclic) bond motifs is 1. The number of oxazole rings is 1. The molecule has 2 N–H and O–H groups in total. The third-order valence-corrected chi connectivity index (χ3v) is 6.62. The summed E-state index contributed by atoms with van der Waals surface area (Å²) in [5, 5.41) is 0. The van der Waals surface area contributed by atoms with Gasteiger partial charge in [-0.1, -0.05) is 29.8 Å². The maximum atomic E-state index is 12.8. The molecule has 1 aromatic heterocycles. The molecule has 0 unspecified atom stereocenters. The van der Waals surface area contributed by atoms with Gasteiger partial charge in [0, 0.05) is 0 Å². The van der Waals surface area contributed by atoms with Crippen LogP contribution in [0.3, 0.4) is 0 Å². The highest BCUT2D eigenvalue weighted by molar-refractivity contribution is 7.92. The lowest BCUT2D eigenvalue weighted by Gasteiger charge is -2.12. The second-order valence-electron chi connectivity index (χ2n) is 6.59. The molecule has 0 atom stereocenters. The molecular formula is C20H16N2O6S2. The van der Waals surface area contributed by atoms with Gasteiger partial charge in [0.15, 0.2) is 5.58 Å². The van der Waals surface area contributed by atoms with E-state index in [0.29, 0.717) is 11.1 Å². The Bertz CT molecular complexity index is 1420. The standard InChI is InChI=1S/C20H16N2O6S2/c1-13-6-8-14(9-7-13)29(23,24)22-17-11-10-15(30(25,26)27)12-16(17)20-21-18-4-2-3-5-19(18)28-20/h2-12,22H,1H3,(H,25,26,27). The van der Waals surface area contributed by atoms with Crippen LogP contribution in [0.4, 0.5) is 5.69 Å². The number of rotatable bonds is 5. The molecule has 1 heterocycles. The molecule has 30 heavy (non-hydrogen) atoms. The lowest BCUT2D eigenvalue weighted by Crippen LogP contribution is -2.14. The fourth-order valence-corrected chi connectivity index (χ4v) is 4.44. The van der Waals surface area contributed by atoms with Crippen molar-refractivity contribution in [2.45, 2.75) is 16.7 Å². The Hall–Kier alpha value is -3.21. The summed E-state index contributed by atoms with van der Waals surface area (Å²) in [6.07, 6.45) is 0. The maximum Gasteiger partial charge on any atom is 0.294 e. The largest absolute Gasteiger partial charge is 0.436 e. The highest BCUT2D eigenvalue weighted by Gasteiger charge is 2.22. The molecule has 10 heteroatoms. The Morgan fingerprint density at radius 3 is 2.23 bits per heavy atom. The van der Waals surface area contributed by atoms with Crippen molar-refractivity contribution < 1.29 is 25.8 Å². The van der Waals surface area contributed by atoms with E-state index in [1.54, 1.807) is 36.4 Å². The molecule has 0 radical (unpaired) electrons. The van der Waals surface area contributed by atoms with Gasteiger partial charge in [-0.2, -0.15) is 8.42 Å². The van der Waals surface area contributed by atoms with Crippen LogP contribution in [0.25, 0.3) is 22.6 Å². The van der Waals surface area contributed by atoms with Crippen LogP contribution in [0.15, 0.2) is 80.9 Å². The third kappa shape index (κ3) is 3.92. The Labute approximate surface area is 173 Å². The number of hydrogen-bond acceptors (Lipinski definition) is 6. The van der Waals surface area contributed by atoms with Crippen molar-refractivity contribution in [3.05, 3.63) is 72.3 Å². The summed E-state index contributed by atoms with van der Waals surface area (Å²) in [7, 11) is -8.50. The average Bonchev–Trinajstić information content (AvgIpc) is 3.11. The van der Waals surface area contributed by atoms with E-state index in [9.17, 15) is 21.4 Å². The minimum Gasteiger partial charge on any atom is -0.436 e. The topological polar surface area (TPSA) is 127 Å². The molecule has 4 rings (SSSR count). The number of nitrogens with one attached hydrogen (secondary N) is 1. The quantitative estimate of drug-likeness (QED) is 0.448. The van der Waals surface area contributed by atoms with Gasteiger partial charge >= 0.3 is 0 Å². The first-order valence-corrected chi connectivity index (χ1v) is 11.6. The minimum absolute atomic E-state index is 0.00306. The minimum atomic E-state index is -4.53. The number of aromatic nitrogens is 1. The van der Waals surface area contributed by atoms with Crippen LogP contribution < -0.4 is 4.72 Å². The second-order valence-corrected chi connectivity index (χ2v) is 9.69. The zero-order valence-corrected chi connectivity index (χ0v) is 17.2. The van der Waals surface area contributed by atoms with Crippen LogP contribution in [0.5, 0.6) is 0 Å². The zero-order valence-electron chi connectivity index (χ0n) is 15.6. The molecule has 4 aromatic rings. The summed E-state index contributed by atoms with van der Waals surface area (Å²) in [6, 6.07) is 16.6. The molecule has 0 spiro atoms. The van der Waals surface area contributed by atoms with Gasteiger partial charge in [-0.05, 0) is 49.4 Å². The van der Waals surface area contributed by atoms with Gasteiger partial charge in [0.1, 0.15) is 5.52 Å². The lowest BCUT2D eigenvalue weighted by atomic mass is 10.2. The van der Waals surface area contributed by atoms with Crippen LogP contribution >= 0.6 is 0 Å². The van der Waals surface area contributed by atoms with Crippen LogP contribution in [0.2, 0.25) is 0 Å². The van der Waals surface area contributed by atoms with Crippen molar-refractivity contribution in [3.8, 4) is 11.5 Å². The number of benzene rings is 3. The summed E-state index contributed by atoms with van der Waals surface area (Å²) in [5.41, 5.74) is 1.97. The number of para-hydroxylation sites is 2. The van der Waals surface area contributed by atoms with Gasteiger partial charge in [0.25, 0.3) is 20.1 Å². The van der Waals surface area contributed by atoms with Crippen LogP contribution in [-0.4, -0.2) is 26.4 Å². The molecule has 3 aromatic carbocycles. The molecular weight excluding hydrogens is 428 g/mol. The van der Waals surface area contributed by atoms with E-state index in [-0.39, 0.29) is 22.0 Å². The normalized spacial score (nSPS) is 12.2. The van der Waals surface area contributed by atoms with Gasteiger partial charge in [0.05, 0.1) is 21.0 Å². The first-order valence-electron chi connectivity index (χ1n) is 8.70. The SMILES string of the molecule is Cc1ccc(S(=O)(=O)Nc2ccc(S(=O)(=O)O)cc2-c2nc3ccccc3o2)cc1. The Morgan fingerprint density at radius 2 is 1.57 bits per heavy atom. The van der Waals surface area contributed by atoms with Gasteiger partial charge in [0.2, 0.25) is 5.89 Å². The second kappa shape index (κ2) is 7.24. The summed E-state index contributed by atoms with van der Waals surface area (Å²) in [5.74, 6) is 0.00306. The van der Waals surface area contributed by atoms with Gasteiger partial charge in [-0.3, -0.25) is 9.27 Å². The van der Waals surface area contributed by atoms with E-state index < -0.39 is 25.0 Å². The molecule has 0 fully saturated rings. The van der Waals surface area contributed by atoms with E-state index in [0.717, 1.165) is 17.7 Å². The van der Waals surface area contributed by atoms with Crippen LogP contribution in [0.1, 0.15) is 5.56 Å². The van der Waals surface area contributed by atoms with Gasteiger partial charge in [-0.25, -0.2) is 13.4 Å². The fraction of sp³-hybridized carbons (Fsp3) is 0.0500. The van der Waals surface area contributed by atoms with E-state index in [1.807, 2.05) is 6.92 Å². The zero-order chi connectivity index (χ0) is 21.5. The first kappa shape index (κ1) is 20.1.